The number of aliphatic hydroxyl groups is 1. The maximum Gasteiger partial charge on any atom is 0.0895 e. The lowest BCUT2D eigenvalue weighted by Gasteiger charge is -2.14. The summed E-state index contributed by atoms with van der Waals surface area (Å²) < 4.78 is 10.4. The molecule has 0 aromatic rings. The molecule has 0 radical (unpaired) electrons. The van der Waals surface area contributed by atoms with Crippen LogP contribution in [-0.2, 0) is 9.47 Å². The zero-order valence-corrected chi connectivity index (χ0v) is 7.82. The van der Waals surface area contributed by atoms with Crippen molar-refractivity contribution in [2.75, 3.05) is 26.4 Å². The van der Waals surface area contributed by atoms with E-state index in [1.807, 2.05) is 13.8 Å². The van der Waals surface area contributed by atoms with Crippen LogP contribution in [0.25, 0.3) is 0 Å². The number of aliphatic hydroxyl groups excluding tert-OH is 1. The van der Waals surface area contributed by atoms with Gasteiger partial charge in [-0.2, -0.15) is 0 Å². The Morgan fingerprint density at radius 3 is 2.58 bits per heavy atom. The molecule has 0 aromatic carbocycles. The molecule has 2 unspecified atom stereocenters. The van der Waals surface area contributed by atoms with Crippen molar-refractivity contribution >= 4 is 0 Å². The highest BCUT2D eigenvalue weighted by Crippen LogP contribution is 1.93. The Labute approximate surface area is 73.7 Å². The number of nitrogens with two attached hydrogens (primary N) is 1. The average Bonchev–Trinajstić information content (AvgIpc) is 2.10. The molecule has 4 nitrogen and oxygen atoms in total. The fraction of sp³-hybridized carbons (Fsp3) is 1.00. The van der Waals surface area contributed by atoms with Crippen molar-refractivity contribution < 1.29 is 14.6 Å². The van der Waals surface area contributed by atoms with Crippen molar-refractivity contribution in [3.05, 3.63) is 0 Å². The zero-order chi connectivity index (χ0) is 9.40. The van der Waals surface area contributed by atoms with Gasteiger partial charge in [0.2, 0.25) is 0 Å². The van der Waals surface area contributed by atoms with Gasteiger partial charge in [0, 0.05) is 13.2 Å². The molecule has 0 fully saturated rings. The van der Waals surface area contributed by atoms with Crippen molar-refractivity contribution in [1.29, 1.82) is 0 Å². The highest BCUT2D eigenvalue weighted by molar-refractivity contribution is 4.55. The van der Waals surface area contributed by atoms with Gasteiger partial charge in [0.05, 0.1) is 25.4 Å². The summed E-state index contributed by atoms with van der Waals surface area (Å²) in [6.45, 7) is 5.60. The molecule has 0 aliphatic carbocycles. The van der Waals surface area contributed by atoms with E-state index in [2.05, 4.69) is 0 Å². The molecule has 0 spiro atoms. The molecular weight excluding hydrogens is 158 g/mol. The first-order valence-corrected chi connectivity index (χ1v) is 4.28. The van der Waals surface area contributed by atoms with E-state index in [1.165, 1.54) is 0 Å². The van der Waals surface area contributed by atoms with Crippen LogP contribution in [0.15, 0.2) is 0 Å². The second-order valence-electron chi connectivity index (χ2n) is 2.69. The maximum atomic E-state index is 9.04. The summed E-state index contributed by atoms with van der Waals surface area (Å²) in [6, 6.07) is 0. The van der Waals surface area contributed by atoms with Crippen LogP contribution in [0.5, 0.6) is 0 Å². The Morgan fingerprint density at radius 1 is 1.42 bits per heavy atom. The van der Waals surface area contributed by atoms with Crippen LogP contribution < -0.4 is 5.73 Å². The lowest BCUT2D eigenvalue weighted by atomic mass is 10.4. The summed E-state index contributed by atoms with van der Waals surface area (Å²) in [7, 11) is 0. The quantitative estimate of drug-likeness (QED) is 0.562. The van der Waals surface area contributed by atoms with Crippen molar-refractivity contribution in [3.63, 3.8) is 0 Å². The summed E-state index contributed by atoms with van der Waals surface area (Å²) in [5.74, 6) is 0. The summed E-state index contributed by atoms with van der Waals surface area (Å²) in [5.41, 5.74) is 5.20. The predicted octanol–water partition coefficient (Wildman–Crippen LogP) is -0.252. The Balaban J connectivity index is 3.24. The number of hydrogen-bond acceptors (Lipinski definition) is 4. The number of rotatable bonds is 7. The van der Waals surface area contributed by atoms with Gasteiger partial charge >= 0.3 is 0 Å². The van der Waals surface area contributed by atoms with E-state index in [1.54, 1.807) is 0 Å². The smallest absolute Gasteiger partial charge is 0.0895 e. The van der Waals surface area contributed by atoms with Crippen molar-refractivity contribution in [1.82, 2.24) is 0 Å². The molecule has 0 aliphatic rings. The minimum atomic E-state index is -0.561. The molecular formula is C8H19NO3. The van der Waals surface area contributed by atoms with E-state index in [-0.39, 0.29) is 19.3 Å². The molecule has 0 aromatic heterocycles. The minimum absolute atomic E-state index is 0.0196. The fourth-order valence-corrected chi connectivity index (χ4v) is 0.675. The fourth-order valence-electron chi connectivity index (χ4n) is 0.675. The number of hydrogen-bond donors (Lipinski definition) is 2. The summed E-state index contributed by atoms with van der Waals surface area (Å²) in [6.07, 6.45) is -0.541. The lowest BCUT2D eigenvalue weighted by Crippen LogP contribution is -2.28. The van der Waals surface area contributed by atoms with Crippen LogP contribution in [0, 0.1) is 0 Å². The Kier molecular flexibility index (Phi) is 7.39. The van der Waals surface area contributed by atoms with Gasteiger partial charge in [-0.15, -0.1) is 0 Å². The second-order valence-corrected chi connectivity index (χ2v) is 2.69. The predicted molar refractivity (Wildman–Crippen MR) is 47.0 cm³/mol. The van der Waals surface area contributed by atoms with Crippen LogP contribution in [0.2, 0.25) is 0 Å². The van der Waals surface area contributed by atoms with Gasteiger partial charge in [0.15, 0.2) is 0 Å². The van der Waals surface area contributed by atoms with E-state index < -0.39 is 6.10 Å². The molecule has 0 rings (SSSR count). The van der Waals surface area contributed by atoms with E-state index in [0.717, 1.165) is 0 Å². The van der Waals surface area contributed by atoms with Crippen LogP contribution in [0.4, 0.5) is 0 Å². The molecule has 3 N–H and O–H groups in total. The highest BCUT2D eigenvalue weighted by Gasteiger charge is 2.05. The van der Waals surface area contributed by atoms with Crippen molar-refractivity contribution in [2.45, 2.75) is 26.1 Å². The van der Waals surface area contributed by atoms with Crippen LogP contribution in [-0.4, -0.2) is 43.7 Å². The molecule has 0 heterocycles. The topological polar surface area (TPSA) is 64.7 Å². The monoisotopic (exact) mass is 177 g/mol. The summed E-state index contributed by atoms with van der Waals surface area (Å²) in [4.78, 5) is 0. The molecule has 12 heavy (non-hydrogen) atoms. The van der Waals surface area contributed by atoms with Gasteiger partial charge in [-0.25, -0.2) is 0 Å². The van der Waals surface area contributed by atoms with Crippen molar-refractivity contribution in [3.8, 4) is 0 Å². The Morgan fingerprint density at radius 2 is 2.08 bits per heavy atom. The van der Waals surface area contributed by atoms with Crippen LogP contribution in [0.1, 0.15) is 13.8 Å². The summed E-state index contributed by atoms with van der Waals surface area (Å²) >= 11 is 0. The first-order chi connectivity index (χ1) is 5.70. The van der Waals surface area contributed by atoms with E-state index >= 15 is 0 Å². The molecule has 0 saturated heterocycles. The normalized spacial score (nSPS) is 16.0. The molecule has 0 aliphatic heterocycles. The molecule has 0 bridgehead atoms. The van der Waals surface area contributed by atoms with Gasteiger partial charge in [0.25, 0.3) is 0 Å². The van der Waals surface area contributed by atoms with E-state index in [0.29, 0.717) is 13.2 Å². The molecule has 0 amide bonds. The average molecular weight is 177 g/mol. The van der Waals surface area contributed by atoms with Crippen LogP contribution in [0.3, 0.4) is 0 Å². The third-order valence-corrected chi connectivity index (χ3v) is 1.40. The van der Waals surface area contributed by atoms with E-state index in [4.69, 9.17) is 20.3 Å². The first kappa shape index (κ1) is 11.8. The summed E-state index contributed by atoms with van der Waals surface area (Å²) in [5, 5.41) is 9.04. The van der Waals surface area contributed by atoms with Gasteiger partial charge in [0.1, 0.15) is 0 Å². The molecule has 74 valence electrons. The van der Waals surface area contributed by atoms with Gasteiger partial charge in [-0.1, -0.05) is 0 Å². The van der Waals surface area contributed by atoms with Gasteiger partial charge < -0.3 is 20.3 Å². The SMILES string of the molecule is CCOCC(C)OCC(O)CN. The van der Waals surface area contributed by atoms with Gasteiger partial charge in [-0.05, 0) is 13.8 Å². The largest absolute Gasteiger partial charge is 0.389 e. The Bertz CT molecular complexity index is 100. The third-order valence-electron chi connectivity index (χ3n) is 1.40. The highest BCUT2D eigenvalue weighted by atomic mass is 16.5. The second kappa shape index (κ2) is 7.49. The first-order valence-electron chi connectivity index (χ1n) is 4.28. The van der Waals surface area contributed by atoms with E-state index in [9.17, 15) is 0 Å². The third kappa shape index (κ3) is 6.54. The van der Waals surface area contributed by atoms with Gasteiger partial charge in [-0.3, -0.25) is 0 Å². The minimum Gasteiger partial charge on any atom is -0.389 e. The number of ether oxygens (including phenoxy) is 2. The Hall–Kier alpha value is -0.160. The standard InChI is InChI=1S/C8H19NO3/c1-3-11-5-7(2)12-6-8(10)4-9/h7-8,10H,3-6,9H2,1-2H3. The molecule has 2 atom stereocenters. The van der Waals surface area contributed by atoms with Crippen molar-refractivity contribution in [2.24, 2.45) is 5.73 Å². The molecule has 0 saturated carbocycles. The maximum absolute atomic E-state index is 9.04. The molecule has 4 heteroatoms. The van der Waals surface area contributed by atoms with Crippen LogP contribution >= 0.6 is 0 Å². The lowest BCUT2D eigenvalue weighted by molar-refractivity contribution is -0.0364. The zero-order valence-electron chi connectivity index (χ0n) is 7.82.